The van der Waals surface area contributed by atoms with Crippen molar-refractivity contribution in [2.75, 3.05) is 33.3 Å². The van der Waals surface area contributed by atoms with Crippen molar-refractivity contribution in [2.24, 2.45) is 0 Å². The fraction of sp³-hybridized carbons (Fsp3) is 0.394. The molecule has 0 bridgehead atoms. The van der Waals surface area contributed by atoms with Gasteiger partial charge in [-0.25, -0.2) is 0 Å². The molecule has 1 fully saturated rings. The van der Waals surface area contributed by atoms with E-state index in [1.54, 1.807) is 19.2 Å². The van der Waals surface area contributed by atoms with Gasteiger partial charge in [0.05, 0.1) is 7.11 Å². The summed E-state index contributed by atoms with van der Waals surface area (Å²) >= 11 is 0. The maximum atomic E-state index is 12.7. The predicted octanol–water partition coefficient (Wildman–Crippen LogP) is 7.64. The summed E-state index contributed by atoms with van der Waals surface area (Å²) in [6.07, 6.45) is -0.433. The molecule has 41 heavy (non-hydrogen) atoms. The first-order valence-electron chi connectivity index (χ1n) is 14.3. The quantitative estimate of drug-likeness (QED) is 0.198. The van der Waals surface area contributed by atoms with E-state index in [0.717, 1.165) is 86.4 Å². The van der Waals surface area contributed by atoms with Gasteiger partial charge < -0.3 is 14.0 Å². The average Bonchev–Trinajstić information content (AvgIpc) is 3.30. The largest absolute Gasteiger partial charge is 0.573 e. The Morgan fingerprint density at radius 2 is 1.49 bits per heavy atom. The molecule has 0 saturated carbocycles. The first-order chi connectivity index (χ1) is 19.7. The molecule has 0 unspecified atom stereocenters. The van der Waals surface area contributed by atoms with E-state index in [-0.39, 0.29) is 5.75 Å². The third-order valence-corrected chi connectivity index (χ3v) is 7.72. The van der Waals surface area contributed by atoms with Gasteiger partial charge in [-0.1, -0.05) is 37.6 Å². The second-order valence-electron chi connectivity index (χ2n) is 10.9. The van der Waals surface area contributed by atoms with Crippen molar-refractivity contribution in [3.8, 4) is 22.6 Å². The van der Waals surface area contributed by atoms with E-state index in [1.165, 1.54) is 28.8 Å². The minimum absolute atomic E-state index is 0.211. The molecule has 0 radical (unpaired) electrons. The van der Waals surface area contributed by atoms with Gasteiger partial charge in [-0.05, 0) is 72.0 Å². The fourth-order valence-corrected chi connectivity index (χ4v) is 5.68. The third-order valence-electron chi connectivity index (χ3n) is 7.72. The zero-order valence-corrected chi connectivity index (χ0v) is 24.0. The predicted molar refractivity (Wildman–Crippen MR) is 157 cm³/mol. The number of piperazine rings is 1. The summed E-state index contributed by atoms with van der Waals surface area (Å²) in [6, 6.07) is 19.2. The zero-order chi connectivity index (χ0) is 29.0. The first kappa shape index (κ1) is 29.0. The van der Waals surface area contributed by atoms with Crippen LogP contribution in [0.4, 0.5) is 13.2 Å². The van der Waals surface area contributed by atoms with Gasteiger partial charge in [0.15, 0.2) is 0 Å². The number of ether oxygens (including phenoxy) is 2. The van der Waals surface area contributed by atoms with E-state index in [2.05, 4.69) is 75.5 Å². The molecule has 1 saturated heterocycles. The molecule has 0 amide bonds. The fourth-order valence-electron chi connectivity index (χ4n) is 5.68. The van der Waals surface area contributed by atoms with Crippen molar-refractivity contribution in [1.82, 2.24) is 14.4 Å². The Balaban J connectivity index is 1.30. The molecule has 2 heterocycles. The van der Waals surface area contributed by atoms with Crippen molar-refractivity contribution in [3.05, 3.63) is 83.6 Å². The lowest BCUT2D eigenvalue weighted by Gasteiger charge is -2.34. The van der Waals surface area contributed by atoms with Crippen LogP contribution in [0.15, 0.2) is 66.9 Å². The number of hydrogen-bond donors (Lipinski definition) is 0. The Bertz CT molecular complexity index is 1460. The third kappa shape index (κ3) is 7.43. The Hall–Kier alpha value is -3.49. The van der Waals surface area contributed by atoms with Crippen LogP contribution in [0.2, 0.25) is 0 Å². The summed E-state index contributed by atoms with van der Waals surface area (Å²) in [7, 11) is 1.71. The molecule has 0 aliphatic carbocycles. The van der Waals surface area contributed by atoms with Crippen LogP contribution >= 0.6 is 0 Å². The van der Waals surface area contributed by atoms with Gasteiger partial charge in [-0.2, -0.15) is 0 Å². The number of benzene rings is 3. The molecule has 0 atom stereocenters. The molecule has 218 valence electrons. The Kier molecular flexibility index (Phi) is 8.90. The maximum Gasteiger partial charge on any atom is 0.573 e. The molecule has 1 aliphatic heterocycles. The number of nitrogens with zero attached hydrogens (tertiary/aromatic N) is 3. The van der Waals surface area contributed by atoms with Gasteiger partial charge in [0, 0.05) is 68.5 Å². The smallest absolute Gasteiger partial charge is 0.497 e. The number of fused-ring (bicyclic) bond motifs is 1. The molecule has 3 aromatic carbocycles. The molecule has 5 nitrogen and oxygen atoms in total. The molecular formula is C33H38F3N3O2. The summed E-state index contributed by atoms with van der Waals surface area (Å²) in [5.41, 5.74) is 6.76. The lowest BCUT2D eigenvalue weighted by molar-refractivity contribution is -0.274. The summed E-state index contributed by atoms with van der Waals surface area (Å²) in [5, 5.41) is 1.12. The van der Waals surface area contributed by atoms with Crippen LogP contribution in [-0.4, -0.2) is 54.0 Å². The zero-order valence-electron chi connectivity index (χ0n) is 24.0. The highest BCUT2D eigenvalue weighted by Crippen LogP contribution is 2.34. The molecular weight excluding hydrogens is 527 g/mol. The topological polar surface area (TPSA) is 29.9 Å². The van der Waals surface area contributed by atoms with Crippen molar-refractivity contribution >= 4 is 10.9 Å². The minimum Gasteiger partial charge on any atom is -0.497 e. The van der Waals surface area contributed by atoms with E-state index in [9.17, 15) is 13.2 Å². The molecule has 8 heteroatoms. The Morgan fingerprint density at radius 1 is 0.805 bits per heavy atom. The highest BCUT2D eigenvalue weighted by Gasteiger charge is 2.31. The van der Waals surface area contributed by atoms with Crippen LogP contribution in [0.1, 0.15) is 36.5 Å². The van der Waals surface area contributed by atoms with E-state index < -0.39 is 6.36 Å². The van der Waals surface area contributed by atoms with Gasteiger partial charge in [0.2, 0.25) is 0 Å². The molecule has 5 rings (SSSR count). The van der Waals surface area contributed by atoms with E-state index in [0.29, 0.717) is 0 Å². The van der Waals surface area contributed by atoms with Crippen LogP contribution in [0, 0.1) is 6.92 Å². The normalized spacial score (nSPS) is 15.0. The standard InChI is InChI=1S/C33H38F3N3O2/c1-4-5-12-39-23-31(27-7-9-28(10-8-27)41-33(34,35)36)30-20-25(6-11-32(30)39)21-37-13-15-38(16-14-37)22-26-17-24(2)18-29(19-26)40-3/h6-11,17-20,23H,4-5,12-16,21-22H2,1-3H3. The van der Waals surface area contributed by atoms with Crippen molar-refractivity contribution < 1.29 is 22.6 Å². The summed E-state index contributed by atoms with van der Waals surface area (Å²) in [5.74, 6) is 0.694. The lowest BCUT2D eigenvalue weighted by Crippen LogP contribution is -2.45. The van der Waals surface area contributed by atoms with Gasteiger partial charge >= 0.3 is 6.36 Å². The second-order valence-corrected chi connectivity index (χ2v) is 10.9. The minimum atomic E-state index is -4.70. The van der Waals surface area contributed by atoms with Gasteiger partial charge in [-0.15, -0.1) is 13.2 Å². The summed E-state index contributed by atoms with van der Waals surface area (Å²) in [6.45, 7) is 10.9. The highest BCUT2D eigenvalue weighted by atomic mass is 19.4. The Labute approximate surface area is 240 Å². The molecule has 0 N–H and O–H groups in total. The van der Waals surface area contributed by atoms with Gasteiger partial charge in [0.1, 0.15) is 11.5 Å². The van der Waals surface area contributed by atoms with Crippen molar-refractivity contribution in [2.45, 2.75) is 52.7 Å². The summed E-state index contributed by atoms with van der Waals surface area (Å²) < 4.78 is 49.8. The van der Waals surface area contributed by atoms with Crippen LogP contribution in [0.3, 0.4) is 0 Å². The van der Waals surface area contributed by atoms with E-state index >= 15 is 0 Å². The SMILES string of the molecule is CCCCn1cc(-c2ccc(OC(F)(F)F)cc2)c2cc(CN3CCN(Cc4cc(C)cc(OC)c4)CC3)ccc21. The number of rotatable bonds is 10. The average molecular weight is 566 g/mol. The van der Waals surface area contributed by atoms with Crippen LogP contribution in [0.5, 0.6) is 11.5 Å². The van der Waals surface area contributed by atoms with Gasteiger partial charge in [0.25, 0.3) is 0 Å². The van der Waals surface area contributed by atoms with Crippen LogP contribution in [0.25, 0.3) is 22.0 Å². The lowest BCUT2D eigenvalue weighted by atomic mass is 10.0. The molecule has 1 aliphatic rings. The van der Waals surface area contributed by atoms with Crippen molar-refractivity contribution in [3.63, 3.8) is 0 Å². The maximum absolute atomic E-state index is 12.7. The first-order valence-corrected chi connectivity index (χ1v) is 14.3. The van der Waals surface area contributed by atoms with Gasteiger partial charge in [-0.3, -0.25) is 9.80 Å². The number of unbranched alkanes of at least 4 members (excludes halogenated alkanes) is 1. The van der Waals surface area contributed by atoms with Crippen molar-refractivity contribution in [1.29, 1.82) is 0 Å². The molecule has 1 aromatic heterocycles. The number of halogens is 3. The number of hydrogen-bond acceptors (Lipinski definition) is 4. The second kappa shape index (κ2) is 12.6. The number of aromatic nitrogens is 1. The Morgan fingerprint density at radius 3 is 2.12 bits per heavy atom. The molecule has 4 aromatic rings. The highest BCUT2D eigenvalue weighted by molar-refractivity contribution is 5.96. The van der Waals surface area contributed by atoms with Crippen LogP contribution < -0.4 is 9.47 Å². The summed E-state index contributed by atoms with van der Waals surface area (Å²) in [4.78, 5) is 4.98. The van der Waals surface area contributed by atoms with E-state index in [4.69, 9.17) is 4.74 Å². The number of aryl methyl sites for hydroxylation is 2. The van der Waals surface area contributed by atoms with E-state index in [1.807, 2.05) is 0 Å². The van der Waals surface area contributed by atoms with Crippen LogP contribution in [-0.2, 0) is 19.6 Å². The number of alkyl halides is 3. The molecule has 0 spiro atoms. The number of methoxy groups -OCH3 is 1. The monoisotopic (exact) mass is 565 g/mol.